The lowest BCUT2D eigenvalue weighted by Gasteiger charge is -2.41. The van der Waals surface area contributed by atoms with E-state index in [2.05, 4.69) is 38.2 Å². The molecule has 2 atom stereocenters. The van der Waals surface area contributed by atoms with Crippen LogP contribution in [0.4, 0.5) is 0 Å². The second kappa shape index (κ2) is 4.74. The van der Waals surface area contributed by atoms with E-state index in [0.717, 1.165) is 30.5 Å². The van der Waals surface area contributed by atoms with Gasteiger partial charge in [0.05, 0.1) is 39.0 Å². The molecule has 1 saturated heterocycles. The zero-order valence-electron chi connectivity index (χ0n) is 12.2. The molecule has 3 nitrogen and oxygen atoms in total. The molecule has 2 aliphatic rings. The van der Waals surface area contributed by atoms with Crippen molar-refractivity contribution < 1.29 is 14.4 Å². The van der Waals surface area contributed by atoms with Crippen LogP contribution in [-0.4, -0.2) is 42.2 Å². The number of aliphatic carboxylic acids is 1. The molecule has 3 rings (SSSR count). The van der Waals surface area contributed by atoms with Crippen LogP contribution in [0.15, 0.2) is 29.8 Å². The molecule has 0 saturated carbocycles. The smallest absolute Gasteiger partial charge is 0.309 e. The summed E-state index contributed by atoms with van der Waals surface area (Å²) in [5.41, 5.74) is 5.88. The van der Waals surface area contributed by atoms with Crippen molar-refractivity contribution in [1.82, 2.24) is 0 Å². The van der Waals surface area contributed by atoms with Crippen LogP contribution in [0.3, 0.4) is 0 Å². The van der Waals surface area contributed by atoms with E-state index in [-0.39, 0.29) is 6.42 Å². The van der Waals surface area contributed by atoms with Gasteiger partial charge in [0, 0.05) is 6.42 Å². The number of hydrogen-bond donors (Lipinski definition) is 1. The summed E-state index contributed by atoms with van der Waals surface area (Å²) in [5, 5.41) is 8.93. The topological polar surface area (TPSA) is 37.3 Å². The van der Waals surface area contributed by atoms with Crippen LogP contribution in [0.2, 0.25) is 0 Å². The Balaban J connectivity index is 1.87. The molecule has 1 aromatic rings. The first kappa shape index (κ1) is 13.4. The molecule has 1 heterocycles. The van der Waals surface area contributed by atoms with Crippen molar-refractivity contribution in [3.05, 3.63) is 41.0 Å². The van der Waals surface area contributed by atoms with Gasteiger partial charge in [0.1, 0.15) is 0 Å². The molecule has 1 N–H and O–H groups in total. The first-order chi connectivity index (χ1) is 9.50. The molecular weight excluding hydrogens is 250 g/mol. The van der Waals surface area contributed by atoms with Crippen LogP contribution >= 0.6 is 0 Å². The summed E-state index contributed by atoms with van der Waals surface area (Å²) in [6.07, 6.45) is 1.37. The van der Waals surface area contributed by atoms with E-state index in [1.54, 1.807) is 5.57 Å². The van der Waals surface area contributed by atoms with Crippen LogP contribution in [-0.2, 0) is 4.79 Å². The van der Waals surface area contributed by atoms with Gasteiger partial charge in [-0.1, -0.05) is 24.3 Å². The van der Waals surface area contributed by atoms with Crippen molar-refractivity contribution >= 4 is 11.5 Å². The number of hydrogen-bond acceptors (Lipinski definition) is 1. The highest BCUT2D eigenvalue weighted by Crippen LogP contribution is 2.46. The zero-order chi connectivity index (χ0) is 14.3. The van der Waals surface area contributed by atoms with Gasteiger partial charge < -0.3 is 9.59 Å². The van der Waals surface area contributed by atoms with Gasteiger partial charge in [-0.2, -0.15) is 0 Å². The number of carbonyl (C=O) groups is 1. The van der Waals surface area contributed by atoms with E-state index in [9.17, 15) is 4.79 Å². The molecule has 1 fully saturated rings. The summed E-state index contributed by atoms with van der Waals surface area (Å²) in [7, 11) is 2.20. The van der Waals surface area contributed by atoms with Crippen molar-refractivity contribution in [2.24, 2.45) is 0 Å². The normalized spacial score (nSPS) is 28.2. The fourth-order valence-corrected chi connectivity index (χ4v) is 3.83. The van der Waals surface area contributed by atoms with Crippen molar-refractivity contribution in [2.45, 2.75) is 25.7 Å². The van der Waals surface area contributed by atoms with Crippen molar-refractivity contribution in [3.8, 4) is 0 Å². The maximum Gasteiger partial charge on any atom is 0.309 e. The number of carboxylic acid groups (broad SMARTS) is 1. The van der Waals surface area contributed by atoms with Gasteiger partial charge in [0.15, 0.2) is 0 Å². The number of piperidine rings is 1. The molecule has 106 valence electrons. The summed E-state index contributed by atoms with van der Waals surface area (Å²) in [6, 6.07) is 8.69. The second-order valence-corrected chi connectivity index (χ2v) is 6.43. The summed E-state index contributed by atoms with van der Waals surface area (Å²) in [4.78, 5) is 10.8. The average Bonchev–Trinajstić information content (AvgIpc) is 2.70. The van der Waals surface area contributed by atoms with Gasteiger partial charge in [0.25, 0.3) is 0 Å². The number of benzene rings is 1. The molecule has 1 aliphatic carbocycles. The first-order valence-electron chi connectivity index (χ1n) is 7.34. The molecule has 20 heavy (non-hydrogen) atoms. The third-order valence-corrected chi connectivity index (χ3v) is 5.05. The van der Waals surface area contributed by atoms with E-state index in [4.69, 9.17) is 5.11 Å². The van der Waals surface area contributed by atoms with Crippen LogP contribution in [0.5, 0.6) is 0 Å². The van der Waals surface area contributed by atoms with Gasteiger partial charge in [-0.3, -0.25) is 4.79 Å². The second-order valence-electron chi connectivity index (χ2n) is 6.43. The number of quaternary nitrogens is 1. The summed E-state index contributed by atoms with van der Waals surface area (Å²) < 4.78 is 0.877. The fourth-order valence-electron chi connectivity index (χ4n) is 3.83. The Labute approximate surface area is 120 Å². The van der Waals surface area contributed by atoms with Crippen LogP contribution in [0.25, 0.3) is 5.57 Å². The number of carboxylic acids is 1. The molecule has 1 aliphatic heterocycles. The standard InChI is InChI=1S/C17H21NO2/c1-12-13-5-3-4-6-15(13)16-11-18(2,9-7-14(12)16)10-8-17(19)20/h3-6,16H,7-11H2,1-2H3/p+1. The molecule has 0 amide bonds. The summed E-state index contributed by atoms with van der Waals surface area (Å²) in [6.45, 7) is 5.07. The van der Waals surface area contributed by atoms with E-state index < -0.39 is 5.97 Å². The molecule has 3 heteroatoms. The summed E-state index contributed by atoms with van der Waals surface area (Å²) in [5.74, 6) is -0.188. The Morgan fingerprint density at radius 2 is 2.15 bits per heavy atom. The first-order valence-corrected chi connectivity index (χ1v) is 7.34. The monoisotopic (exact) mass is 272 g/mol. The Morgan fingerprint density at radius 1 is 1.40 bits per heavy atom. The predicted octanol–water partition coefficient (Wildman–Crippen LogP) is 2.88. The van der Waals surface area contributed by atoms with Crippen LogP contribution < -0.4 is 0 Å². The van der Waals surface area contributed by atoms with E-state index in [1.807, 2.05) is 0 Å². The Bertz CT molecular complexity index is 590. The molecule has 0 radical (unpaired) electrons. The number of likely N-dealkylation sites (tertiary alicyclic amines) is 1. The number of fused-ring (bicyclic) bond motifs is 3. The third kappa shape index (κ3) is 2.16. The quantitative estimate of drug-likeness (QED) is 0.859. The minimum Gasteiger partial charge on any atom is -0.481 e. The molecule has 1 aromatic carbocycles. The van der Waals surface area contributed by atoms with Gasteiger partial charge in [-0.05, 0) is 29.2 Å². The lowest BCUT2D eigenvalue weighted by atomic mass is 9.88. The Hall–Kier alpha value is -1.61. The number of nitrogens with zero attached hydrogens (tertiary/aromatic N) is 1. The number of likely N-dealkylation sites (N-methyl/N-ethyl adjacent to an activating group) is 1. The minimum absolute atomic E-state index is 0.267. The predicted molar refractivity (Wildman–Crippen MR) is 79.4 cm³/mol. The van der Waals surface area contributed by atoms with Gasteiger partial charge >= 0.3 is 5.97 Å². The third-order valence-electron chi connectivity index (χ3n) is 5.05. The Kier molecular flexibility index (Phi) is 3.17. The van der Waals surface area contributed by atoms with E-state index in [0.29, 0.717) is 5.92 Å². The van der Waals surface area contributed by atoms with Crippen molar-refractivity contribution in [2.75, 3.05) is 26.7 Å². The fraction of sp³-hybridized carbons (Fsp3) is 0.471. The van der Waals surface area contributed by atoms with Crippen molar-refractivity contribution in [1.29, 1.82) is 0 Å². The van der Waals surface area contributed by atoms with Crippen LogP contribution in [0, 0.1) is 0 Å². The highest BCUT2D eigenvalue weighted by molar-refractivity contribution is 5.77. The Morgan fingerprint density at radius 3 is 2.90 bits per heavy atom. The molecule has 2 unspecified atom stereocenters. The largest absolute Gasteiger partial charge is 0.481 e. The van der Waals surface area contributed by atoms with Gasteiger partial charge in [-0.25, -0.2) is 0 Å². The van der Waals surface area contributed by atoms with Crippen LogP contribution in [0.1, 0.15) is 36.8 Å². The van der Waals surface area contributed by atoms with Gasteiger partial charge in [0.2, 0.25) is 0 Å². The van der Waals surface area contributed by atoms with Crippen molar-refractivity contribution in [3.63, 3.8) is 0 Å². The minimum atomic E-state index is -0.686. The van der Waals surface area contributed by atoms with E-state index in [1.165, 1.54) is 16.7 Å². The summed E-state index contributed by atoms with van der Waals surface area (Å²) >= 11 is 0. The highest BCUT2D eigenvalue weighted by atomic mass is 16.4. The molecule has 0 bridgehead atoms. The molecule has 0 spiro atoms. The highest BCUT2D eigenvalue weighted by Gasteiger charge is 2.40. The lowest BCUT2D eigenvalue weighted by molar-refractivity contribution is -0.912. The van der Waals surface area contributed by atoms with Gasteiger partial charge in [-0.15, -0.1) is 0 Å². The lowest BCUT2D eigenvalue weighted by Crippen LogP contribution is -2.51. The maximum atomic E-state index is 10.8. The zero-order valence-corrected chi connectivity index (χ0v) is 12.2. The molecular formula is C17H22NO2+. The molecule has 0 aromatic heterocycles. The number of allylic oxidation sites excluding steroid dienone is 1. The number of rotatable bonds is 3. The maximum absolute atomic E-state index is 10.8. The van der Waals surface area contributed by atoms with E-state index >= 15 is 0 Å². The average molecular weight is 272 g/mol. The SMILES string of the molecule is CC1=C2CC[N+](C)(CCC(=O)O)CC2c2ccccc21.